The minimum absolute atomic E-state index is 0.00957. The molecule has 1 rings (SSSR count). The number of benzene rings is 1. The van der Waals surface area contributed by atoms with Gasteiger partial charge in [0, 0.05) is 18.7 Å². The first-order chi connectivity index (χ1) is 7.29. The van der Waals surface area contributed by atoms with Crippen molar-refractivity contribution < 1.29 is 9.90 Å². The van der Waals surface area contributed by atoms with E-state index in [2.05, 4.69) is 0 Å². The lowest BCUT2D eigenvalue weighted by Gasteiger charge is -2.21. The smallest absolute Gasteiger partial charge is 0.227 e. The van der Waals surface area contributed by atoms with Gasteiger partial charge in [-0.05, 0) is 18.6 Å². The standard InChI is InChI=1S/C12H17NO2/c1-2-6-12(15)13(9-10-14)11-7-4-3-5-8-11/h3-5,7-8,14H,2,6,9-10H2,1H3. The molecule has 15 heavy (non-hydrogen) atoms. The lowest BCUT2D eigenvalue weighted by molar-refractivity contribution is -0.118. The average molecular weight is 207 g/mol. The lowest BCUT2D eigenvalue weighted by Crippen LogP contribution is -2.33. The van der Waals surface area contributed by atoms with Crippen molar-refractivity contribution in [3.8, 4) is 0 Å². The van der Waals surface area contributed by atoms with Gasteiger partial charge in [0.1, 0.15) is 0 Å². The van der Waals surface area contributed by atoms with Gasteiger partial charge < -0.3 is 10.0 Å². The predicted molar refractivity (Wildman–Crippen MR) is 60.8 cm³/mol. The van der Waals surface area contributed by atoms with Gasteiger partial charge in [-0.1, -0.05) is 25.1 Å². The van der Waals surface area contributed by atoms with E-state index < -0.39 is 0 Å². The molecular formula is C12H17NO2. The van der Waals surface area contributed by atoms with Gasteiger partial charge in [-0.3, -0.25) is 4.79 Å². The van der Waals surface area contributed by atoms with Crippen molar-refractivity contribution >= 4 is 11.6 Å². The summed E-state index contributed by atoms with van der Waals surface area (Å²) in [6, 6.07) is 9.44. The van der Waals surface area contributed by atoms with Crippen LogP contribution in [0.5, 0.6) is 0 Å². The van der Waals surface area contributed by atoms with Crippen LogP contribution in [-0.4, -0.2) is 24.2 Å². The van der Waals surface area contributed by atoms with Crippen LogP contribution in [0.15, 0.2) is 30.3 Å². The molecule has 0 heterocycles. The molecule has 3 nitrogen and oxygen atoms in total. The van der Waals surface area contributed by atoms with E-state index >= 15 is 0 Å². The Balaban J connectivity index is 2.78. The predicted octanol–water partition coefficient (Wildman–Crippen LogP) is 1.81. The zero-order valence-electron chi connectivity index (χ0n) is 9.02. The Labute approximate surface area is 90.3 Å². The number of amides is 1. The van der Waals surface area contributed by atoms with E-state index in [0.29, 0.717) is 13.0 Å². The lowest BCUT2D eigenvalue weighted by atomic mass is 10.2. The molecule has 82 valence electrons. The molecule has 1 amide bonds. The third kappa shape index (κ3) is 3.36. The van der Waals surface area contributed by atoms with Gasteiger partial charge in [0.05, 0.1) is 6.61 Å². The zero-order chi connectivity index (χ0) is 11.1. The summed E-state index contributed by atoms with van der Waals surface area (Å²) in [5.74, 6) is 0.0674. The normalized spacial score (nSPS) is 10.0. The highest BCUT2D eigenvalue weighted by Crippen LogP contribution is 2.14. The van der Waals surface area contributed by atoms with Crippen LogP contribution in [0.4, 0.5) is 5.69 Å². The molecule has 0 aliphatic heterocycles. The molecule has 1 N–H and O–H groups in total. The van der Waals surface area contributed by atoms with Gasteiger partial charge in [0.2, 0.25) is 5.91 Å². The van der Waals surface area contributed by atoms with Crippen LogP contribution < -0.4 is 4.90 Å². The quantitative estimate of drug-likeness (QED) is 0.800. The summed E-state index contributed by atoms with van der Waals surface area (Å²) in [5.41, 5.74) is 0.852. The van der Waals surface area contributed by atoms with Crippen LogP contribution in [0, 0.1) is 0 Å². The highest BCUT2D eigenvalue weighted by molar-refractivity contribution is 5.93. The van der Waals surface area contributed by atoms with Crippen molar-refractivity contribution in [3.05, 3.63) is 30.3 Å². The Kier molecular flexibility index (Phi) is 4.84. The molecule has 0 aliphatic rings. The fourth-order valence-corrected chi connectivity index (χ4v) is 1.45. The first-order valence-electron chi connectivity index (χ1n) is 5.26. The SMILES string of the molecule is CCCC(=O)N(CCO)c1ccccc1. The summed E-state index contributed by atoms with van der Waals surface area (Å²) in [5, 5.41) is 8.92. The second-order valence-corrected chi connectivity index (χ2v) is 3.35. The number of nitrogens with zero attached hydrogens (tertiary/aromatic N) is 1. The van der Waals surface area contributed by atoms with Gasteiger partial charge in [0.15, 0.2) is 0 Å². The fraction of sp³-hybridized carbons (Fsp3) is 0.417. The van der Waals surface area contributed by atoms with E-state index in [1.807, 2.05) is 37.3 Å². The largest absolute Gasteiger partial charge is 0.395 e. The fourth-order valence-electron chi connectivity index (χ4n) is 1.45. The minimum atomic E-state index is -0.00957. The van der Waals surface area contributed by atoms with E-state index in [0.717, 1.165) is 12.1 Å². The Hall–Kier alpha value is -1.35. The molecule has 0 atom stereocenters. The van der Waals surface area contributed by atoms with Crippen LogP contribution in [0.2, 0.25) is 0 Å². The molecule has 0 spiro atoms. The van der Waals surface area contributed by atoms with Gasteiger partial charge >= 0.3 is 0 Å². The maximum Gasteiger partial charge on any atom is 0.227 e. The van der Waals surface area contributed by atoms with E-state index in [4.69, 9.17) is 5.11 Å². The highest BCUT2D eigenvalue weighted by atomic mass is 16.3. The van der Waals surface area contributed by atoms with E-state index in [1.54, 1.807) is 4.90 Å². The number of carbonyl (C=O) groups excluding carboxylic acids is 1. The van der Waals surface area contributed by atoms with Crippen LogP contribution in [0.25, 0.3) is 0 Å². The number of anilines is 1. The molecule has 0 saturated carbocycles. The van der Waals surface area contributed by atoms with Crippen molar-refractivity contribution in [2.75, 3.05) is 18.1 Å². The van der Waals surface area contributed by atoms with Gasteiger partial charge in [0.25, 0.3) is 0 Å². The molecule has 0 saturated heterocycles. The first kappa shape index (κ1) is 11.7. The Morgan fingerprint density at radius 2 is 2.00 bits per heavy atom. The van der Waals surface area contributed by atoms with Crippen molar-refractivity contribution in [2.45, 2.75) is 19.8 Å². The highest BCUT2D eigenvalue weighted by Gasteiger charge is 2.13. The molecule has 3 heteroatoms. The van der Waals surface area contributed by atoms with E-state index in [-0.39, 0.29) is 12.5 Å². The van der Waals surface area contributed by atoms with Gasteiger partial charge in [-0.25, -0.2) is 0 Å². The topological polar surface area (TPSA) is 40.5 Å². The Morgan fingerprint density at radius 3 is 2.53 bits per heavy atom. The number of hydrogen-bond acceptors (Lipinski definition) is 2. The maximum atomic E-state index is 11.7. The molecule has 0 aliphatic carbocycles. The van der Waals surface area contributed by atoms with Crippen LogP contribution >= 0.6 is 0 Å². The first-order valence-corrected chi connectivity index (χ1v) is 5.26. The molecule has 1 aromatic carbocycles. The van der Waals surface area contributed by atoms with Gasteiger partial charge in [-0.2, -0.15) is 0 Å². The number of rotatable bonds is 5. The number of aliphatic hydroxyl groups is 1. The number of hydrogen-bond donors (Lipinski definition) is 1. The number of para-hydroxylation sites is 1. The molecule has 0 aromatic heterocycles. The third-order valence-electron chi connectivity index (χ3n) is 2.16. The summed E-state index contributed by atoms with van der Waals surface area (Å²) in [7, 11) is 0. The monoisotopic (exact) mass is 207 g/mol. The van der Waals surface area contributed by atoms with Crippen LogP contribution in [0.3, 0.4) is 0 Å². The van der Waals surface area contributed by atoms with Crippen molar-refractivity contribution in [2.24, 2.45) is 0 Å². The average Bonchev–Trinajstić information content (AvgIpc) is 2.27. The van der Waals surface area contributed by atoms with E-state index in [1.165, 1.54) is 0 Å². The maximum absolute atomic E-state index is 11.7. The Morgan fingerprint density at radius 1 is 1.33 bits per heavy atom. The number of aliphatic hydroxyl groups excluding tert-OH is 1. The van der Waals surface area contributed by atoms with Crippen molar-refractivity contribution in [3.63, 3.8) is 0 Å². The zero-order valence-corrected chi connectivity index (χ0v) is 9.02. The summed E-state index contributed by atoms with van der Waals surface area (Å²) in [4.78, 5) is 13.4. The van der Waals surface area contributed by atoms with Crippen LogP contribution in [-0.2, 0) is 4.79 Å². The molecule has 0 radical (unpaired) electrons. The summed E-state index contributed by atoms with van der Waals surface area (Å²) < 4.78 is 0. The summed E-state index contributed by atoms with van der Waals surface area (Å²) in [6.07, 6.45) is 1.35. The Bertz CT molecular complexity index is 298. The van der Waals surface area contributed by atoms with Crippen molar-refractivity contribution in [1.29, 1.82) is 0 Å². The minimum Gasteiger partial charge on any atom is -0.395 e. The van der Waals surface area contributed by atoms with Crippen LogP contribution in [0.1, 0.15) is 19.8 Å². The molecule has 0 unspecified atom stereocenters. The second kappa shape index (κ2) is 6.19. The third-order valence-corrected chi connectivity index (χ3v) is 2.16. The van der Waals surface area contributed by atoms with Crippen molar-refractivity contribution in [1.82, 2.24) is 0 Å². The molecule has 1 aromatic rings. The molecular weight excluding hydrogens is 190 g/mol. The second-order valence-electron chi connectivity index (χ2n) is 3.35. The molecule has 0 bridgehead atoms. The number of carbonyl (C=O) groups is 1. The van der Waals surface area contributed by atoms with Gasteiger partial charge in [-0.15, -0.1) is 0 Å². The summed E-state index contributed by atoms with van der Waals surface area (Å²) >= 11 is 0. The molecule has 0 fully saturated rings. The van der Waals surface area contributed by atoms with E-state index in [9.17, 15) is 4.79 Å². The summed E-state index contributed by atoms with van der Waals surface area (Å²) in [6.45, 7) is 2.33.